The highest BCUT2D eigenvalue weighted by Crippen LogP contribution is 2.60. The molecule has 1 aromatic carbocycles. The number of aromatic hydroxyl groups is 1. The topological polar surface area (TPSA) is 57.5 Å². The molecule has 0 amide bonds. The molecule has 22 heavy (non-hydrogen) atoms. The standard InChI is InChI=1S/C19H24O3/c1-5-10-7-12(20)8-11(6-2)15(10)16-17(21)13-9-14(18(16)22)19(13,3)4/h7-8,13-14,20-21H,5-6,9H2,1-4H3. The summed E-state index contributed by atoms with van der Waals surface area (Å²) in [6.45, 7) is 8.14. The Kier molecular flexibility index (Phi) is 3.35. The third-order valence-electron chi connectivity index (χ3n) is 5.71. The molecule has 3 nitrogen and oxygen atoms in total. The smallest absolute Gasteiger partial charge is 0.170 e. The molecule has 1 aromatic rings. The molecule has 0 spiro atoms. The fourth-order valence-electron chi connectivity index (χ4n) is 4.19. The van der Waals surface area contributed by atoms with Crippen LogP contribution in [-0.2, 0) is 17.6 Å². The molecule has 1 saturated carbocycles. The van der Waals surface area contributed by atoms with Gasteiger partial charge in [-0.05, 0) is 53.5 Å². The summed E-state index contributed by atoms with van der Waals surface area (Å²) < 4.78 is 0. The summed E-state index contributed by atoms with van der Waals surface area (Å²) in [6, 6.07) is 3.43. The average molecular weight is 300 g/mol. The minimum absolute atomic E-state index is 0.00613. The first-order chi connectivity index (χ1) is 10.3. The first kappa shape index (κ1) is 15.1. The summed E-state index contributed by atoms with van der Waals surface area (Å²) in [5, 5.41) is 20.6. The Morgan fingerprint density at radius 1 is 1.09 bits per heavy atom. The predicted molar refractivity (Wildman–Crippen MR) is 86.8 cm³/mol. The van der Waals surface area contributed by atoms with Crippen molar-refractivity contribution >= 4 is 11.4 Å². The molecule has 3 aliphatic carbocycles. The number of aryl methyl sites for hydroxylation is 2. The van der Waals surface area contributed by atoms with Gasteiger partial charge in [0, 0.05) is 11.8 Å². The Morgan fingerprint density at radius 3 is 2.05 bits per heavy atom. The van der Waals surface area contributed by atoms with Crippen molar-refractivity contribution in [3.05, 3.63) is 34.6 Å². The number of hydrogen-bond acceptors (Lipinski definition) is 3. The molecule has 0 heterocycles. The number of aliphatic hydroxyl groups is 1. The zero-order valence-electron chi connectivity index (χ0n) is 13.7. The van der Waals surface area contributed by atoms with E-state index in [0.717, 1.165) is 36.0 Å². The van der Waals surface area contributed by atoms with E-state index >= 15 is 0 Å². The molecule has 2 bridgehead atoms. The van der Waals surface area contributed by atoms with E-state index in [1.165, 1.54) is 0 Å². The van der Waals surface area contributed by atoms with Gasteiger partial charge in [0.05, 0.1) is 5.57 Å². The van der Waals surface area contributed by atoms with Crippen LogP contribution in [-0.4, -0.2) is 16.0 Å². The van der Waals surface area contributed by atoms with Crippen molar-refractivity contribution in [1.29, 1.82) is 0 Å². The summed E-state index contributed by atoms with van der Waals surface area (Å²) >= 11 is 0. The lowest BCUT2D eigenvalue weighted by molar-refractivity contribution is -0.135. The van der Waals surface area contributed by atoms with Gasteiger partial charge in [0.2, 0.25) is 0 Å². The van der Waals surface area contributed by atoms with E-state index in [4.69, 9.17) is 0 Å². The number of allylic oxidation sites excluding steroid dienone is 2. The molecular weight excluding hydrogens is 276 g/mol. The van der Waals surface area contributed by atoms with E-state index in [1.54, 1.807) is 12.1 Å². The van der Waals surface area contributed by atoms with Crippen LogP contribution < -0.4 is 0 Å². The van der Waals surface area contributed by atoms with E-state index in [-0.39, 0.29) is 34.5 Å². The lowest BCUT2D eigenvalue weighted by Gasteiger charge is -2.55. The predicted octanol–water partition coefficient (Wildman–Crippen LogP) is 4.03. The van der Waals surface area contributed by atoms with E-state index in [0.29, 0.717) is 5.57 Å². The van der Waals surface area contributed by atoms with Gasteiger partial charge in [-0.2, -0.15) is 0 Å². The second-order valence-electron chi connectivity index (χ2n) is 7.13. The zero-order chi connectivity index (χ0) is 16.2. The molecule has 3 aliphatic rings. The van der Waals surface area contributed by atoms with Crippen molar-refractivity contribution in [1.82, 2.24) is 0 Å². The fraction of sp³-hybridized carbons (Fsp3) is 0.526. The molecule has 2 unspecified atom stereocenters. The summed E-state index contributed by atoms with van der Waals surface area (Å²) in [6.07, 6.45) is 2.21. The SMILES string of the molecule is CCc1cc(O)cc(CC)c1C1=C(O)C2CC(C1=O)C2(C)C. The quantitative estimate of drug-likeness (QED) is 0.886. The minimum atomic E-state index is -0.139. The Bertz CT molecular complexity index is 657. The second-order valence-corrected chi connectivity index (χ2v) is 7.13. The minimum Gasteiger partial charge on any atom is -0.511 e. The normalized spacial score (nSPS) is 26.1. The van der Waals surface area contributed by atoms with Crippen LogP contribution in [0.15, 0.2) is 17.9 Å². The Morgan fingerprint density at radius 2 is 1.64 bits per heavy atom. The van der Waals surface area contributed by atoms with Crippen molar-refractivity contribution in [2.75, 3.05) is 0 Å². The van der Waals surface area contributed by atoms with Gasteiger partial charge in [0.1, 0.15) is 11.5 Å². The van der Waals surface area contributed by atoms with Crippen LogP contribution in [0.5, 0.6) is 5.75 Å². The van der Waals surface area contributed by atoms with Crippen LogP contribution in [0.2, 0.25) is 0 Å². The Balaban J connectivity index is 2.24. The van der Waals surface area contributed by atoms with Crippen LogP contribution in [0.4, 0.5) is 0 Å². The van der Waals surface area contributed by atoms with Crippen molar-refractivity contribution in [3.8, 4) is 5.75 Å². The molecule has 0 radical (unpaired) electrons. The van der Waals surface area contributed by atoms with Crippen molar-refractivity contribution in [3.63, 3.8) is 0 Å². The highest BCUT2D eigenvalue weighted by Gasteiger charge is 2.58. The molecule has 2 N–H and O–H groups in total. The number of benzene rings is 1. The number of carbonyl (C=O) groups is 1. The summed E-state index contributed by atoms with van der Waals surface area (Å²) in [7, 11) is 0. The third-order valence-corrected chi connectivity index (χ3v) is 5.71. The lowest BCUT2D eigenvalue weighted by Crippen LogP contribution is -2.53. The van der Waals surface area contributed by atoms with Gasteiger partial charge >= 0.3 is 0 Å². The van der Waals surface area contributed by atoms with E-state index in [1.807, 2.05) is 13.8 Å². The number of fused-ring (bicyclic) bond motifs is 1. The molecule has 0 aliphatic heterocycles. The van der Waals surface area contributed by atoms with Crippen molar-refractivity contribution in [2.24, 2.45) is 17.3 Å². The molecule has 118 valence electrons. The van der Waals surface area contributed by atoms with E-state index < -0.39 is 0 Å². The number of phenols is 1. The summed E-state index contributed by atoms with van der Waals surface area (Å²) in [4.78, 5) is 12.9. The number of hydrogen-bond donors (Lipinski definition) is 2. The van der Waals surface area contributed by atoms with Gasteiger partial charge in [0.15, 0.2) is 5.78 Å². The number of aliphatic hydroxyl groups excluding tert-OH is 1. The lowest BCUT2D eigenvalue weighted by atomic mass is 9.48. The highest BCUT2D eigenvalue weighted by atomic mass is 16.3. The van der Waals surface area contributed by atoms with Gasteiger partial charge < -0.3 is 10.2 Å². The van der Waals surface area contributed by atoms with Crippen LogP contribution in [0.3, 0.4) is 0 Å². The van der Waals surface area contributed by atoms with Gasteiger partial charge in [-0.1, -0.05) is 27.7 Å². The first-order valence-corrected chi connectivity index (χ1v) is 8.15. The Labute approximate surface area is 131 Å². The van der Waals surface area contributed by atoms with Crippen LogP contribution in [0.1, 0.15) is 50.8 Å². The van der Waals surface area contributed by atoms with Gasteiger partial charge in [0.25, 0.3) is 0 Å². The van der Waals surface area contributed by atoms with Crippen molar-refractivity contribution < 1.29 is 15.0 Å². The molecule has 1 fully saturated rings. The largest absolute Gasteiger partial charge is 0.511 e. The molecular formula is C19H24O3. The van der Waals surface area contributed by atoms with Gasteiger partial charge in [-0.15, -0.1) is 0 Å². The van der Waals surface area contributed by atoms with Crippen LogP contribution in [0, 0.1) is 17.3 Å². The van der Waals surface area contributed by atoms with Gasteiger partial charge in [-0.3, -0.25) is 4.79 Å². The maximum absolute atomic E-state index is 12.9. The van der Waals surface area contributed by atoms with Crippen molar-refractivity contribution in [2.45, 2.75) is 47.0 Å². The molecule has 0 saturated heterocycles. The second kappa shape index (κ2) is 4.87. The first-order valence-electron chi connectivity index (χ1n) is 8.15. The third kappa shape index (κ3) is 1.84. The van der Waals surface area contributed by atoms with Gasteiger partial charge in [-0.25, -0.2) is 0 Å². The fourth-order valence-corrected chi connectivity index (χ4v) is 4.19. The number of ketones is 1. The number of carbonyl (C=O) groups excluding carboxylic acids is 1. The van der Waals surface area contributed by atoms with Crippen LogP contribution in [0.25, 0.3) is 5.57 Å². The number of phenolic OH excluding ortho intramolecular Hbond substituents is 1. The monoisotopic (exact) mass is 300 g/mol. The summed E-state index contributed by atoms with van der Waals surface area (Å²) in [5.74, 6) is 0.638. The maximum atomic E-state index is 12.9. The number of rotatable bonds is 3. The van der Waals surface area contributed by atoms with E-state index in [2.05, 4.69) is 13.8 Å². The zero-order valence-corrected chi connectivity index (χ0v) is 13.7. The molecule has 4 rings (SSSR count). The molecule has 2 atom stereocenters. The summed E-state index contributed by atoms with van der Waals surface area (Å²) in [5.41, 5.74) is 3.10. The maximum Gasteiger partial charge on any atom is 0.170 e. The molecule has 0 aromatic heterocycles. The highest BCUT2D eigenvalue weighted by molar-refractivity contribution is 6.25. The van der Waals surface area contributed by atoms with Crippen LogP contribution >= 0.6 is 0 Å². The number of Topliss-reactive ketones (excluding diaryl/α,β-unsaturated/α-hetero) is 1. The average Bonchev–Trinajstić information content (AvgIpc) is 2.46. The van der Waals surface area contributed by atoms with E-state index in [9.17, 15) is 15.0 Å². The Hall–Kier alpha value is -1.77. The molecule has 3 heteroatoms.